The van der Waals surface area contributed by atoms with E-state index in [1.54, 1.807) is 14.0 Å². The van der Waals surface area contributed by atoms with E-state index >= 15 is 0 Å². The normalized spacial score (nSPS) is 32.8. The molecule has 1 saturated carbocycles. The van der Waals surface area contributed by atoms with Gasteiger partial charge in [-0.2, -0.15) is 0 Å². The summed E-state index contributed by atoms with van der Waals surface area (Å²) in [5.41, 5.74) is -0.319. The predicted molar refractivity (Wildman–Crippen MR) is 45.6 cm³/mol. The summed E-state index contributed by atoms with van der Waals surface area (Å²) >= 11 is 0. The molecule has 0 radical (unpaired) electrons. The van der Waals surface area contributed by atoms with Crippen molar-refractivity contribution in [2.45, 2.75) is 26.7 Å². The molecule has 3 heteroatoms. The number of amides is 1. The molecule has 0 aliphatic heterocycles. The number of rotatable bonds is 3. The molecule has 1 amide bonds. The third kappa shape index (κ3) is 1.13. The molecule has 1 aliphatic rings. The van der Waals surface area contributed by atoms with Crippen LogP contribution in [0.1, 0.15) is 26.7 Å². The van der Waals surface area contributed by atoms with Crippen molar-refractivity contribution in [1.29, 1.82) is 0 Å². The Morgan fingerprint density at radius 3 is 2.42 bits per heavy atom. The molecule has 3 nitrogen and oxygen atoms in total. The Morgan fingerprint density at radius 2 is 2.17 bits per heavy atom. The van der Waals surface area contributed by atoms with Gasteiger partial charge in [0, 0.05) is 12.5 Å². The maximum Gasteiger partial charge on any atom is 0.223 e. The fourth-order valence-corrected chi connectivity index (χ4v) is 1.85. The van der Waals surface area contributed by atoms with E-state index in [0.29, 0.717) is 0 Å². The quantitative estimate of drug-likeness (QED) is 0.677. The molecule has 2 unspecified atom stereocenters. The fourth-order valence-electron chi connectivity index (χ4n) is 1.85. The van der Waals surface area contributed by atoms with Gasteiger partial charge in [-0.05, 0) is 19.8 Å². The van der Waals surface area contributed by atoms with E-state index in [0.717, 1.165) is 12.8 Å². The highest BCUT2D eigenvalue weighted by molar-refractivity contribution is 5.95. The first-order valence-corrected chi connectivity index (χ1v) is 4.31. The molecule has 1 rings (SSSR count). The van der Waals surface area contributed by atoms with Crippen molar-refractivity contribution in [3.63, 3.8) is 0 Å². The fraction of sp³-hybridized carbons (Fsp3) is 0.778. The van der Waals surface area contributed by atoms with Crippen molar-refractivity contribution in [1.82, 2.24) is 5.32 Å². The maximum absolute atomic E-state index is 11.2. The summed E-state index contributed by atoms with van der Waals surface area (Å²) < 4.78 is 0. The molecule has 0 aromatic rings. The van der Waals surface area contributed by atoms with Crippen LogP contribution in [0.15, 0.2) is 0 Å². The summed E-state index contributed by atoms with van der Waals surface area (Å²) in [5, 5.41) is 2.58. The standard InChI is InChI=1S/C9H15NO2/c1-4-9(6(2)11)5-7(9)8(12)10-3/h7H,4-5H2,1-3H3,(H,10,12). The molecule has 0 heterocycles. The van der Waals surface area contributed by atoms with E-state index < -0.39 is 0 Å². The lowest BCUT2D eigenvalue weighted by Crippen LogP contribution is -2.26. The van der Waals surface area contributed by atoms with Crippen LogP contribution in [0.4, 0.5) is 0 Å². The predicted octanol–water partition coefficient (Wildman–Crippen LogP) is 0.738. The second-order valence-electron chi connectivity index (χ2n) is 3.44. The summed E-state index contributed by atoms with van der Waals surface area (Å²) in [6, 6.07) is 0. The third-order valence-corrected chi connectivity index (χ3v) is 2.97. The van der Waals surface area contributed by atoms with Gasteiger partial charge in [0.05, 0.1) is 5.92 Å². The molecule has 0 aromatic carbocycles. The monoisotopic (exact) mass is 169 g/mol. The lowest BCUT2D eigenvalue weighted by molar-refractivity contribution is -0.128. The minimum absolute atomic E-state index is 0.00653. The van der Waals surface area contributed by atoms with Crippen molar-refractivity contribution >= 4 is 11.7 Å². The smallest absolute Gasteiger partial charge is 0.223 e. The van der Waals surface area contributed by atoms with Crippen LogP contribution in [-0.4, -0.2) is 18.7 Å². The zero-order valence-electron chi connectivity index (χ0n) is 7.81. The van der Waals surface area contributed by atoms with Gasteiger partial charge in [-0.1, -0.05) is 6.92 Å². The molecule has 68 valence electrons. The second kappa shape index (κ2) is 2.88. The van der Waals surface area contributed by atoms with Gasteiger partial charge in [0.1, 0.15) is 5.78 Å². The first-order valence-electron chi connectivity index (χ1n) is 4.31. The molecular weight excluding hydrogens is 154 g/mol. The molecule has 12 heavy (non-hydrogen) atoms. The lowest BCUT2D eigenvalue weighted by atomic mass is 9.95. The SMILES string of the molecule is CCC1(C(C)=O)CC1C(=O)NC. The number of carbonyl (C=O) groups excluding carboxylic acids is 2. The van der Waals surface area contributed by atoms with Crippen molar-refractivity contribution < 1.29 is 9.59 Å². The topological polar surface area (TPSA) is 46.2 Å². The van der Waals surface area contributed by atoms with Gasteiger partial charge in [0.15, 0.2) is 0 Å². The number of Topliss-reactive ketones (excluding diaryl/α,β-unsaturated/α-hetero) is 1. The third-order valence-electron chi connectivity index (χ3n) is 2.97. The highest BCUT2D eigenvalue weighted by Gasteiger charge is 2.59. The summed E-state index contributed by atoms with van der Waals surface area (Å²) in [7, 11) is 1.61. The van der Waals surface area contributed by atoms with Crippen molar-refractivity contribution in [3.05, 3.63) is 0 Å². The summed E-state index contributed by atoms with van der Waals surface area (Å²) in [6.07, 6.45) is 1.51. The van der Waals surface area contributed by atoms with E-state index in [1.807, 2.05) is 6.92 Å². The van der Waals surface area contributed by atoms with E-state index in [-0.39, 0.29) is 23.0 Å². The Kier molecular flexibility index (Phi) is 2.22. The number of hydrogen-bond donors (Lipinski definition) is 1. The van der Waals surface area contributed by atoms with E-state index in [4.69, 9.17) is 0 Å². The largest absolute Gasteiger partial charge is 0.359 e. The molecule has 1 fully saturated rings. The van der Waals surface area contributed by atoms with Gasteiger partial charge in [-0.15, -0.1) is 0 Å². The summed E-state index contributed by atoms with van der Waals surface area (Å²) in [5.74, 6) is 0.0932. The van der Waals surface area contributed by atoms with Gasteiger partial charge in [-0.25, -0.2) is 0 Å². The molecule has 0 bridgehead atoms. The average Bonchev–Trinajstić information content (AvgIpc) is 2.78. The number of carbonyl (C=O) groups is 2. The van der Waals surface area contributed by atoms with Crippen LogP contribution < -0.4 is 5.32 Å². The zero-order chi connectivity index (χ0) is 9.35. The average molecular weight is 169 g/mol. The van der Waals surface area contributed by atoms with Crippen LogP contribution in [-0.2, 0) is 9.59 Å². The molecule has 1 N–H and O–H groups in total. The minimum atomic E-state index is -0.319. The molecular formula is C9H15NO2. The van der Waals surface area contributed by atoms with Gasteiger partial charge in [0.2, 0.25) is 5.91 Å². The van der Waals surface area contributed by atoms with Crippen LogP contribution in [0.25, 0.3) is 0 Å². The van der Waals surface area contributed by atoms with Crippen LogP contribution in [0.5, 0.6) is 0 Å². The van der Waals surface area contributed by atoms with Crippen molar-refractivity contribution in [2.24, 2.45) is 11.3 Å². The number of ketones is 1. The Bertz CT molecular complexity index is 225. The maximum atomic E-state index is 11.2. The first kappa shape index (κ1) is 9.23. The van der Waals surface area contributed by atoms with Crippen LogP contribution in [0.2, 0.25) is 0 Å². The van der Waals surface area contributed by atoms with Crippen molar-refractivity contribution in [3.8, 4) is 0 Å². The first-order chi connectivity index (χ1) is 5.58. The van der Waals surface area contributed by atoms with Crippen LogP contribution in [0, 0.1) is 11.3 Å². The molecule has 0 spiro atoms. The van der Waals surface area contributed by atoms with E-state index in [2.05, 4.69) is 5.32 Å². The lowest BCUT2D eigenvalue weighted by Gasteiger charge is -2.09. The van der Waals surface area contributed by atoms with Crippen LogP contribution in [0.3, 0.4) is 0 Å². The van der Waals surface area contributed by atoms with Crippen LogP contribution >= 0.6 is 0 Å². The Hall–Kier alpha value is -0.860. The Labute approximate surface area is 72.5 Å². The second-order valence-corrected chi connectivity index (χ2v) is 3.44. The zero-order valence-corrected chi connectivity index (χ0v) is 7.81. The summed E-state index contributed by atoms with van der Waals surface area (Å²) in [4.78, 5) is 22.4. The highest BCUT2D eigenvalue weighted by atomic mass is 16.2. The number of hydrogen-bond acceptors (Lipinski definition) is 2. The Morgan fingerprint density at radius 1 is 1.58 bits per heavy atom. The molecule has 2 atom stereocenters. The van der Waals surface area contributed by atoms with Crippen molar-refractivity contribution in [2.75, 3.05) is 7.05 Å². The van der Waals surface area contributed by atoms with Gasteiger partial charge in [-0.3, -0.25) is 9.59 Å². The molecule has 0 aromatic heterocycles. The van der Waals surface area contributed by atoms with E-state index in [1.165, 1.54) is 0 Å². The number of nitrogens with one attached hydrogen (secondary N) is 1. The minimum Gasteiger partial charge on any atom is -0.359 e. The van der Waals surface area contributed by atoms with Gasteiger partial charge < -0.3 is 5.32 Å². The Balaban J connectivity index is 2.67. The van der Waals surface area contributed by atoms with E-state index in [9.17, 15) is 9.59 Å². The molecule has 1 aliphatic carbocycles. The van der Waals surface area contributed by atoms with Gasteiger partial charge >= 0.3 is 0 Å². The highest BCUT2D eigenvalue weighted by Crippen LogP contribution is 2.55. The van der Waals surface area contributed by atoms with Gasteiger partial charge in [0.25, 0.3) is 0 Å². The summed E-state index contributed by atoms with van der Waals surface area (Å²) in [6.45, 7) is 3.54. The molecule has 0 saturated heterocycles.